The molecule has 0 amide bonds. The van der Waals surface area contributed by atoms with E-state index in [1.54, 1.807) is 0 Å². The van der Waals surface area contributed by atoms with Gasteiger partial charge in [-0.3, -0.25) is 0 Å². The zero-order valence-corrected chi connectivity index (χ0v) is 12.4. The van der Waals surface area contributed by atoms with Crippen LogP contribution < -0.4 is 0 Å². The minimum absolute atomic E-state index is 0.275. The Morgan fingerprint density at radius 2 is 1.65 bits per heavy atom. The molecule has 0 bridgehead atoms. The second-order valence-electron chi connectivity index (χ2n) is 5.08. The predicted molar refractivity (Wildman–Crippen MR) is 75.6 cm³/mol. The van der Waals surface area contributed by atoms with Gasteiger partial charge in [-0.05, 0) is 19.3 Å². The largest absolute Gasteiger partial charge is 0.336 e. The highest BCUT2D eigenvalue weighted by Crippen LogP contribution is 2.27. The molecule has 0 aliphatic heterocycles. The summed E-state index contributed by atoms with van der Waals surface area (Å²) in [7, 11) is 0.275. The summed E-state index contributed by atoms with van der Waals surface area (Å²) in [5.41, 5.74) is 0. The summed E-state index contributed by atoms with van der Waals surface area (Å²) in [6.07, 6.45) is 15.0. The van der Waals surface area contributed by atoms with Gasteiger partial charge in [0.05, 0.1) is 12.7 Å². The van der Waals surface area contributed by atoms with Crippen LogP contribution in [0.3, 0.4) is 0 Å². The fraction of sp³-hybridized carbons (Fsp3) is 1.00. The third-order valence-corrected chi connectivity index (χ3v) is 4.18. The van der Waals surface area contributed by atoms with Gasteiger partial charge in [0.2, 0.25) is 0 Å². The van der Waals surface area contributed by atoms with Gasteiger partial charge in [0.15, 0.2) is 9.03 Å². The highest BCUT2D eigenvalue weighted by atomic mass is 31.1. The Bertz CT molecular complexity index is 158. The molecule has 1 atom stereocenters. The molecule has 17 heavy (non-hydrogen) atoms. The monoisotopic (exact) mass is 260 g/mol. The second-order valence-corrected chi connectivity index (χ2v) is 5.77. The zero-order chi connectivity index (χ0) is 12.2. The van der Waals surface area contributed by atoms with E-state index in [9.17, 15) is 0 Å². The van der Waals surface area contributed by atoms with Crippen LogP contribution in [0.15, 0.2) is 0 Å². The van der Waals surface area contributed by atoms with Crippen molar-refractivity contribution in [3.63, 3.8) is 0 Å². The first kappa shape index (κ1) is 15.4. The van der Waals surface area contributed by atoms with Crippen LogP contribution in [0.4, 0.5) is 0 Å². The van der Waals surface area contributed by atoms with Crippen molar-refractivity contribution in [3.8, 4) is 0 Å². The van der Waals surface area contributed by atoms with Gasteiger partial charge in [-0.15, -0.1) is 0 Å². The molecule has 1 aliphatic carbocycles. The fourth-order valence-electron chi connectivity index (χ4n) is 2.28. The standard InChI is InChI=1S/C14H29O2P/c1-2-3-4-5-6-10-13-15-17-16-14-11-8-7-9-12-14/h14,17H,2-13H2,1H3. The molecule has 1 rings (SSSR count). The first-order chi connectivity index (χ1) is 8.43. The van der Waals surface area contributed by atoms with E-state index >= 15 is 0 Å². The van der Waals surface area contributed by atoms with Gasteiger partial charge in [-0.1, -0.05) is 58.3 Å². The smallest absolute Gasteiger partial charge is 0.155 e. The van der Waals surface area contributed by atoms with Gasteiger partial charge >= 0.3 is 0 Å². The Hall–Kier alpha value is 0.350. The Kier molecular flexibility index (Phi) is 10.4. The zero-order valence-electron chi connectivity index (χ0n) is 11.4. The Balaban J connectivity index is 1.75. The molecule has 0 spiro atoms. The fourth-order valence-corrected chi connectivity index (χ4v) is 2.95. The van der Waals surface area contributed by atoms with Gasteiger partial charge in [-0.2, -0.15) is 0 Å². The molecule has 1 unspecified atom stereocenters. The lowest BCUT2D eigenvalue weighted by molar-refractivity contribution is 0.150. The molecule has 3 heteroatoms. The molecule has 0 N–H and O–H groups in total. The summed E-state index contributed by atoms with van der Waals surface area (Å²) in [4.78, 5) is 0. The van der Waals surface area contributed by atoms with Crippen LogP contribution in [0.5, 0.6) is 0 Å². The molecule has 0 aromatic carbocycles. The molecule has 2 nitrogen and oxygen atoms in total. The van der Waals surface area contributed by atoms with Gasteiger partial charge in [-0.25, -0.2) is 0 Å². The minimum Gasteiger partial charge on any atom is -0.336 e. The van der Waals surface area contributed by atoms with Crippen LogP contribution in [0.1, 0.15) is 77.6 Å². The summed E-state index contributed by atoms with van der Waals surface area (Å²) in [5.74, 6) is 0. The van der Waals surface area contributed by atoms with E-state index in [2.05, 4.69) is 6.92 Å². The van der Waals surface area contributed by atoms with Crippen molar-refractivity contribution in [2.45, 2.75) is 83.7 Å². The average Bonchev–Trinajstić information content (AvgIpc) is 2.38. The number of unbranched alkanes of at least 4 members (excludes halogenated alkanes) is 5. The summed E-state index contributed by atoms with van der Waals surface area (Å²) >= 11 is 0. The van der Waals surface area contributed by atoms with E-state index in [-0.39, 0.29) is 9.03 Å². The van der Waals surface area contributed by atoms with Crippen LogP contribution in [0.25, 0.3) is 0 Å². The molecule has 0 saturated heterocycles. The van der Waals surface area contributed by atoms with Crippen LogP contribution in [0, 0.1) is 0 Å². The maximum absolute atomic E-state index is 5.73. The second kappa shape index (κ2) is 11.4. The molecule has 0 radical (unpaired) electrons. The Morgan fingerprint density at radius 3 is 2.41 bits per heavy atom. The normalized spacial score (nSPS) is 18.2. The third kappa shape index (κ3) is 8.99. The van der Waals surface area contributed by atoms with E-state index in [1.807, 2.05) is 0 Å². The molecule has 0 aromatic rings. The molecular formula is C14H29O2P. The highest BCUT2D eigenvalue weighted by Gasteiger charge is 2.13. The number of rotatable bonds is 10. The first-order valence-electron chi connectivity index (χ1n) is 7.46. The lowest BCUT2D eigenvalue weighted by Gasteiger charge is -2.21. The quantitative estimate of drug-likeness (QED) is 0.396. The maximum atomic E-state index is 5.73. The summed E-state index contributed by atoms with van der Waals surface area (Å²) in [6, 6.07) is 0. The van der Waals surface area contributed by atoms with Crippen molar-refractivity contribution in [1.29, 1.82) is 0 Å². The van der Waals surface area contributed by atoms with Crippen LogP contribution in [-0.2, 0) is 9.05 Å². The maximum Gasteiger partial charge on any atom is 0.155 e. The van der Waals surface area contributed by atoms with Crippen LogP contribution in [-0.4, -0.2) is 12.7 Å². The third-order valence-electron chi connectivity index (χ3n) is 3.43. The summed E-state index contributed by atoms with van der Waals surface area (Å²) < 4.78 is 11.3. The average molecular weight is 260 g/mol. The van der Waals surface area contributed by atoms with E-state index in [4.69, 9.17) is 9.05 Å². The number of hydrogen-bond donors (Lipinski definition) is 0. The van der Waals surface area contributed by atoms with Gasteiger partial charge in [0.1, 0.15) is 0 Å². The van der Waals surface area contributed by atoms with Crippen molar-refractivity contribution >= 4 is 9.03 Å². The van der Waals surface area contributed by atoms with Gasteiger partial charge < -0.3 is 9.05 Å². The number of hydrogen-bond acceptors (Lipinski definition) is 2. The lowest BCUT2D eigenvalue weighted by Crippen LogP contribution is -2.12. The molecule has 1 aliphatic rings. The predicted octanol–water partition coefficient (Wildman–Crippen LogP) is 5.22. The van der Waals surface area contributed by atoms with Crippen molar-refractivity contribution < 1.29 is 9.05 Å². The molecule has 1 fully saturated rings. The minimum atomic E-state index is 0.275. The highest BCUT2D eigenvalue weighted by molar-refractivity contribution is 7.26. The summed E-state index contributed by atoms with van der Waals surface area (Å²) in [6.45, 7) is 3.14. The van der Waals surface area contributed by atoms with E-state index in [0.717, 1.165) is 6.61 Å². The Morgan fingerprint density at radius 1 is 0.941 bits per heavy atom. The van der Waals surface area contributed by atoms with Crippen molar-refractivity contribution in [2.75, 3.05) is 6.61 Å². The van der Waals surface area contributed by atoms with Crippen LogP contribution >= 0.6 is 9.03 Å². The SMILES string of the molecule is CCCCCCCCOPOC1CCCCC1. The van der Waals surface area contributed by atoms with Crippen molar-refractivity contribution in [2.24, 2.45) is 0 Å². The Labute approximate surface area is 109 Å². The summed E-state index contributed by atoms with van der Waals surface area (Å²) in [5, 5.41) is 0. The van der Waals surface area contributed by atoms with Crippen molar-refractivity contribution in [1.82, 2.24) is 0 Å². The molecule has 0 heterocycles. The molecular weight excluding hydrogens is 231 g/mol. The molecule has 0 aromatic heterocycles. The van der Waals surface area contributed by atoms with E-state index < -0.39 is 0 Å². The van der Waals surface area contributed by atoms with E-state index in [1.165, 1.54) is 70.6 Å². The van der Waals surface area contributed by atoms with Gasteiger partial charge in [0, 0.05) is 0 Å². The first-order valence-corrected chi connectivity index (χ1v) is 8.27. The van der Waals surface area contributed by atoms with E-state index in [0.29, 0.717) is 6.10 Å². The van der Waals surface area contributed by atoms with Crippen molar-refractivity contribution in [3.05, 3.63) is 0 Å². The molecule has 102 valence electrons. The van der Waals surface area contributed by atoms with Crippen LogP contribution in [0.2, 0.25) is 0 Å². The van der Waals surface area contributed by atoms with Gasteiger partial charge in [0.25, 0.3) is 0 Å². The molecule has 1 saturated carbocycles. The topological polar surface area (TPSA) is 18.5 Å². The lowest BCUT2D eigenvalue weighted by atomic mass is 9.98.